The van der Waals surface area contributed by atoms with Crippen LogP contribution in [-0.4, -0.2) is 42.5 Å². The Morgan fingerprint density at radius 2 is 1.41 bits per heavy atom. The van der Waals surface area contributed by atoms with Crippen molar-refractivity contribution in [3.8, 4) is 11.5 Å². The third-order valence-electron chi connectivity index (χ3n) is 7.09. The van der Waals surface area contributed by atoms with E-state index in [1.165, 1.54) is 44.9 Å². The number of Topliss-reactive ketones (excluding diaryl/α,β-unsaturated/α-hetero) is 1. The van der Waals surface area contributed by atoms with Crippen LogP contribution >= 0.6 is 0 Å². The zero-order valence-corrected chi connectivity index (χ0v) is 22.5. The monoisotopic (exact) mass is 507 g/mol. The zero-order chi connectivity index (χ0) is 26.6. The Hall–Kier alpha value is -3.28. The minimum absolute atomic E-state index is 0.0896. The number of ether oxygens (including phenoxy) is 2. The maximum atomic E-state index is 13.2. The van der Waals surface area contributed by atoms with E-state index in [9.17, 15) is 14.7 Å². The Balaban J connectivity index is 1.77. The lowest BCUT2D eigenvalue weighted by Gasteiger charge is -2.26. The van der Waals surface area contributed by atoms with Gasteiger partial charge in [-0.2, -0.15) is 0 Å². The van der Waals surface area contributed by atoms with Crippen LogP contribution in [0.15, 0.2) is 54.1 Å². The molecular formula is C31H41NO5. The van der Waals surface area contributed by atoms with Crippen LogP contribution in [0.5, 0.6) is 11.5 Å². The average molecular weight is 508 g/mol. The second-order valence-corrected chi connectivity index (χ2v) is 9.64. The van der Waals surface area contributed by atoms with Gasteiger partial charge in [-0.1, -0.05) is 82.9 Å². The number of hydrogen-bond donors (Lipinski definition) is 1. The van der Waals surface area contributed by atoms with Crippen LogP contribution in [-0.2, 0) is 9.59 Å². The molecule has 1 aliphatic heterocycles. The van der Waals surface area contributed by atoms with Gasteiger partial charge >= 0.3 is 0 Å². The van der Waals surface area contributed by atoms with Gasteiger partial charge < -0.3 is 19.5 Å². The smallest absolute Gasteiger partial charge is 0.295 e. The molecule has 1 saturated heterocycles. The Labute approximate surface area is 221 Å². The number of para-hydroxylation sites is 1. The SMILES string of the molecule is CCCCCCCCCCCCN1C(=O)C(=O)C(=C(O)c2ccc(OC)cc2)[C@H]1c1ccccc1OC. The first-order chi connectivity index (χ1) is 18.0. The van der Waals surface area contributed by atoms with Crippen LogP contribution in [0.25, 0.3) is 5.76 Å². The molecule has 37 heavy (non-hydrogen) atoms. The number of hydrogen-bond acceptors (Lipinski definition) is 5. The van der Waals surface area contributed by atoms with Crippen molar-refractivity contribution in [1.82, 2.24) is 4.90 Å². The summed E-state index contributed by atoms with van der Waals surface area (Å²) in [4.78, 5) is 28.0. The fourth-order valence-corrected chi connectivity index (χ4v) is 5.00. The number of rotatable bonds is 15. The number of likely N-dealkylation sites (tertiary alicyclic amines) is 1. The number of methoxy groups -OCH3 is 2. The summed E-state index contributed by atoms with van der Waals surface area (Å²) >= 11 is 0. The van der Waals surface area contributed by atoms with E-state index in [0.29, 0.717) is 29.2 Å². The largest absolute Gasteiger partial charge is 0.507 e. The van der Waals surface area contributed by atoms with Gasteiger partial charge in [-0.3, -0.25) is 9.59 Å². The highest BCUT2D eigenvalue weighted by atomic mass is 16.5. The maximum Gasteiger partial charge on any atom is 0.295 e. The molecule has 2 aromatic rings. The molecule has 0 unspecified atom stereocenters. The summed E-state index contributed by atoms with van der Waals surface area (Å²) in [5.74, 6) is -0.233. The van der Waals surface area contributed by atoms with Crippen molar-refractivity contribution in [2.45, 2.75) is 77.2 Å². The van der Waals surface area contributed by atoms with Crippen LogP contribution in [0.4, 0.5) is 0 Å². The molecule has 0 aromatic heterocycles. The number of aliphatic hydroxyl groups is 1. The molecule has 6 heteroatoms. The first-order valence-electron chi connectivity index (χ1n) is 13.6. The number of benzene rings is 2. The highest BCUT2D eigenvalue weighted by Crippen LogP contribution is 2.42. The second kappa shape index (κ2) is 14.5. The summed E-state index contributed by atoms with van der Waals surface area (Å²) in [7, 11) is 3.13. The molecule has 1 N–H and O–H groups in total. The minimum Gasteiger partial charge on any atom is -0.507 e. The standard InChI is InChI=1S/C31H41NO5/c1-4-5-6-7-8-9-10-11-12-15-22-32-28(25-16-13-14-17-26(25)37-3)27(30(34)31(32)35)29(33)23-18-20-24(36-2)21-19-23/h13-14,16-21,28,33H,4-12,15,22H2,1-3H3/t28-/m1/s1. The van der Waals surface area contributed by atoms with E-state index in [1.807, 2.05) is 24.3 Å². The number of amides is 1. The normalized spacial score (nSPS) is 16.8. The van der Waals surface area contributed by atoms with Gasteiger partial charge in [-0.15, -0.1) is 0 Å². The average Bonchev–Trinajstić information content (AvgIpc) is 3.18. The van der Waals surface area contributed by atoms with Crippen molar-refractivity contribution in [3.63, 3.8) is 0 Å². The predicted molar refractivity (Wildman–Crippen MR) is 147 cm³/mol. The summed E-state index contributed by atoms with van der Waals surface area (Å²) in [5, 5.41) is 11.2. The Kier molecular flexibility index (Phi) is 11.1. The van der Waals surface area contributed by atoms with Crippen LogP contribution in [0.2, 0.25) is 0 Å². The van der Waals surface area contributed by atoms with Crippen LogP contribution in [0.1, 0.15) is 88.3 Å². The summed E-state index contributed by atoms with van der Waals surface area (Å²) in [6.45, 7) is 2.68. The van der Waals surface area contributed by atoms with Crippen molar-refractivity contribution in [3.05, 3.63) is 65.2 Å². The Bertz CT molecular complexity index is 1060. The van der Waals surface area contributed by atoms with Crippen molar-refractivity contribution in [1.29, 1.82) is 0 Å². The fourth-order valence-electron chi connectivity index (χ4n) is 5.00. The molecule has 2 aromatic carbocycles. The number of aliphatic hydroxyl groups excluding tert-OH is 1. The molecule has 1 fully saturated rings. The summed E-state index contributed by atoms with van der Waals surface area (Å²) in [5.41, 5.74) is 1.23. The summed E-state index contributed by atoms with van der Waals surface area (Å²) in [6.07, 6.45) is 11.9. The molecule has 1 aliphatic rings. The quantitative estimate of drug-likeness (QED) is 0.121. The lowest BCUT2D eigenvalue weighted by atomic mass is 9.94. The van der Waals surface area contributed by atoms with E-state index < -0.39 is 17.7 Å². The van der Waals surface area contributed by atoms with Crippen molar-refractivity contribution in [2.24, 2.45) is 0 Å². The first kappa shape index (κ1) is 28.3. The van der Waals surface area contributed by atoms with E-state index in [-0.39, 0.29) is 11.3 Å². The minimum atomic E-state index is -0.711. The van der Waals surface area contributed by atoms with E-state index in [1.54, 1.807) is 43.4 Å². The zero-order valence-electron chi connectivity index (χ0n) is 22.5. The first-order valence-corrected chi connectivity index (χ1v) is 13.6. The molecular weight excluding hydrogens is 466 g/mol. The van der Waals surface area contributed by atoms with Gasteiger partial charge in [0.05, 0.1) is 25.8 Å². The molecule has 0 aliphatic carbocycles. The number of nitrogens with zero attached hydrogens (tertiary/aromatic N) is 1. The summed E-state index contributed by atoms with van der Waals surface area (Å²) in [6, 6.07) is 13.4. The van der Waals surface area contributed by atoms with Gasteiger partial charge in [0.15, 0.2) is 0 Å². The molecule has 0 saturated carbocycles. The lowest BCUT2D eigenvalue weighted by molar-refractivity contribution is -0.139. The molecule has 1 atom stereocenters. The third-order valence-corrected chi connectivity index (χ3v) is 7.09. The fraction of sp³-hybridized carbons (Fsp3) is 0.484. The highest BCUT2D eigenvalue weighted by molar-refractivity contribution is 6.46. The van der Waals surface area contributed by atoms with Gasteiger partial charge in [0, 0.05) is 17.7 Å². The molecule has 6 nitrogen and oxygen atoms in total. The summed E-state index contributed by atoms with van der Waals surface area (Å²) < 4.78 is 10.8. The van der Waals surface area contributed by atoms with Crippen LogP contribution in [0.3, 0.4) is 0 Å². The Morgan fingerprint density at radius 3 is 2.00 bits per heavy atom. The van der Waals surface area contributed by atoms with Gasteiger partial charge in [0.25, 0.3) is 11.7 Å². The molecule has 1 amide bonds. The van der Waals surface area contributed by atoms with Gasteiger partial charge in [0.1, 0.15) is 17.3 Å². The molecule has 0 spiro atoms. The number of unbranched alkanes of at least 4 members (excludes halogenated alkanes) is 9. The lowest BCUT2D eigenvalue weighted by Crippen LogP contribution is -2.30. The molecule has 200 valence electrons. The molecule has 0 radical (unpaired) electrons. The highest BCUT2D eigenvalue weighted by Gasteiger charge is 2.46. The third kappa shape index (κ3) is 7.15. The second-order valence-electron chi connectivity index (χ2n) is 9.64. The van der Waals surface area contributed by atoms with Crippen LogP contribution < -0.4 is 9.47 Å². The van der Waals surface area contributed by atoms with Crippen LogP contribution in [0, 0.1) is 0 Å². The predicted octanol–water partition coefficient (Wildman–Crippen LogP) is 7.05. The molecule has 1 heterocycles. The van der Waals surface area contributed by atoms with Gasteiger partial charge in [0.2, 0.25) is 0 Å². The van der Waals surface area contributed by atoms with Gasteiger partial charge in [-0.05, 0) is 36.8 Å². The van der Waals surface area contributed by atoms with E-state index >= 15 is 0 Å². The topological polar surface area (TPSA) is 76.1 Å². The number of carbonyl (C=O) groups is 2. The molecule has 0 bridgehead atoms. The number of carbonyl (C=O) groups excluding carboxylic acids is 2. The van der Waals surface area contributed by atoms with E-state index in [4.69, 9.17) is 9.47 Å². The number of ketones is 1. The van der Waals surface area contributed by atoms with E-state index in [2.05, 4.69) is 6.92 Å². The Morgan fingerprint density at radius 1 is 0.811 bits per heavy atom. The van der Waals surface area contributed by atoms with Crippen molar-refractivity contribution >= 4 is 17.4 Å². The molecule has 3 rings (SSSR count). The van der Waals surface area contributed by atoms with E-state index in [0.717, 1.165) is 19.3 Å². The van der Waals surface area contributed by atoms with Crippen molar-refractivity contribution in [2.75, 3.05) is 20.8 Å². The van der Waals surface area contributed by atoms with Crippen molar-refractivity contribution < 1.29 is 24.2 Å². The van der Waals surface area contributed by atoms with Gasteiger partial charge in [-0.25, -0.2) is 0 Å². The maximum absolute atomic E-state index is 13.2.